The summed E-state index contributed by atoms with van der Waals surface area (Å²) in [7, 11) is 0. The van der Waals surface area contributed by atoms with Gasteiger partial charge in [-0.15, -0.1) is 0 Å². The van der Waals surface area contributed by atoms with Crippen molar-refractivity contribution in [2.45, 2.75) is 45.1 Å². The molecule has 0 saturated heterocycles. The molecule has 0 radical (unpaired) electrons. The van der Waals surface area contributed by atoms with Gasteiger partial charge in [0.05, 0.1) is 5.56 Å². The molecule has 3 nitrogen and oxygen atoms in total. The van der Waals surface area contributed by atoms with Gasteiger partial charge >= 0.3 is 0 Å². The third-order valence-electron chi connectivity index (χ3n) is 3.83. The summed E-state index contributed by atoms with van der Waals surface area (Å²) in [5.74, 6) is -0.174. The first-order valence-corrected chi connectivity index (χ1v) is 6.92. The van der Waals surface area contributed by atoms with E-state index in [2.05, 4.69) is 12.2 Å². The zero-order chi connectivity index (χ0) is 13.8. The molecule has 4 heteroatoms. The molecular weight excluding hydrogens is 243 g/mol. The molecule has 1 aromatic rings. The fourth-order valence-corrected chi connectivity index (χ4v) is 2.61. The van der Waals surface area contributed by atoms with E-state index in [4.69, 9.17) is 5.73 Å². The molecular formula is C15H21FN2O. The van der Waals surface area contributed by atoms with Crippen LogP contribution in [0.15, 0.2) is 18.2 Å². The average molecular weight is 264 g/mol. The minimum atomic E-state index is -0.556. The Morgan fingerprint density at radius 3 is 2.84 bits per heavy atom. The van der Waals surface area contributed by atoms with Gasteiger partial charge in [-0.25, -0.2) is 4.39 Å². The van der Waals surface area contributed by atoms with Crippen molar-refractivity contribution in [3.8, 4) is 0 Å². The first kappa shape index (κ1) is 13.8. The Balaban J connectivity index is 2.00. The standard InChI is InChI=1S/C15H21FN2O/c1-10-3-2-4-12(7-5-10)18-15(19)13-8-6-11(17)9-14(13)16/h6,8-10,12H,2-5,7,17H2,1H3,(H,18,19). The molecule has 2 atom stereocenters. The van der Waals surface area contributed by atoms with Crippen molar-refractivity contribution in [1.29, 1.82) is 0 Å². The van der Waals surface area contributed by atoms with E-state index in [0.717, 1.165) is 31.6 Å². The molecule has 104 valence electrons. The molecule has 1 aliphatic rings. The molecule has 1 amide bonds. The number of benzene rings is 1. The Hall–Kier alpha value is -1.58. The number of nitrogens with two attached hydrogens (primary N) is 1. The summed E-state index contributed by atoms with van der Waals surface area (Å²) in [5, 5.41) is 2.94. The largest absolute Gasteiger partial charge is 0.399 e. The number of carbonyl (C=O) groups excluding carboxylic acids is 1. The maximum atomic E-state index is 13.7. The maximum absolute atomic E-state index is 13.7. The molecule has 1 aliphatic carbocycles. The summed E-state index contributed by atoms with van der Waals surface area (Å²) in [4.78, 5) is 12.0. The van der Waals surface area contributed by atoms with Gasteiger partial charge in [0.1, 0.15) is 5.82 Å². The van der Waals surface area contributed by atoms with Gasteiger partial charge in [0.2, 0.25) is 0 Å². The van der Waals surface area contributed by atoms with Crippen LogP contribution >= 0.6 is 0 Å². The maximum Gasteiger partial charge on any atom is 0.254 e. The number of nitrogens with one attached hydrogen (secondary N) is 1. The summed E-state index contributed by atoms with van der Waals surface area (Å²) in [6, 6.07) is 4.34. The van der Waals surface area contributed by atoms with E-state index in [1.54, 1.807) is 6.07 Å². The Morgan fingerprint density at radius 2 is 2.11 bits per heavy atom. The Labute approximate surface area is 113 Å². The SMILES string of the molecule is CC1CCCC(NC(=O)c2ccc(N)cc2F)CC1. The normalized spacial score (nSPS) is 23.7. The van der Waals surface area contributed by atoms with E-state index < -0.39 is 5.82 Å². The van der Waals surface area contributed by atoms with Crippen LogP contribution in [0.25, 0.3) is 0 Å². The number of carbonyl (C=O) groups is 1. The van der Waals surface area contributed by atoms with Crippen LogP contribution in [0.5, 0.6) is 0 Å². The quantitative estimate of drug-likeness (QED) is 0.637. The van der Waals surface area contributed by atoms with E-state index >= 15 is 0 Å². The molecule has 1 aromatic carbocycles. The number of hydrogen-bond acceptors (Lipinski definition) is 2. The molecule has 1 saturated carbocycles. The lowest BCUT2D eigenvalue weighted by Crippen LogP contribution is -2.34. The highest BCUT2D eigenvalue weighted by molar-refractivity contribution is 5.95. The summed E-state index contributed by atoms with van der Waals surface area (Å²) in [5.41, 5.74) is 5.88. The molecule has 2 rings (SSSR count). The minimum Gasteiger partial charge on any atom is -0.399 e. The van der Waals surface area contributed by atoms with E-state index in [0.29, 0.717) is 5.69 Å². The van der Waals surface area contributed by atoms with Crippen molar-refractivity contribution in [3.05, 3.63) is 29.6 Å². The van der Waals surface area contributed by atoms with E-state index in [-0.39, 0.29) is 17.5 Å². The number of anilines is 1. The van der Waals surface area contributed by atoms with Crippen LogP contribution in [0.3, 0.4) is 0 Å². The summed E-state index contributed by atoms with van der Waals surface area (Å²) in [6.07, 6.45) is 5.41. The van der Waals surface area contributed by atoms with Crippen LogP contribution in [-0.2, 0) is 0 Å². The molecule has 0 bridgehead atoms. The lowest BCUT2D eigenvalue weighted by molar-refractivity contribution is 0.0929. The zero-order valence-corrected chi connectivity index (χ0v) is 11.3. The average Bonchev–Trinajstić information content (AvgIpc) is 2.54. The topological polar surface area (TPSA) is 55.1 Å². The predicted molar refractivity (Wildman–Crippen MR) is 74.3 cm³/mol. The fourth-order valence-electron chi connectivity index (χ4n) is 2.61. The van der Waals surface area contributed by atoms with Gasteiger partial charge in [-0.3, -0.25) is 4.79 Å². The highest BCUT2D eigenvalue weighted by Gasteiger charge is 2.20. The predicted octanol–water partition coefficient (Wildman–Crippen LogP) is 3.11. The summed E-state index contributed by atoms with van der Waals surface area (Å²) >= 11 is 0. The zero-order valence-electron chi connectivity index (χ0n) is 11.3. The Morgan fingerprint density at radius 1 is 1.32 bits per heavy atom. The minimum absolute atomic E-state index is 0.0755. The smallest absolute Gasteiger partial charge is 0.254 e. The van der Waals surface area contributed by atoms with Crippen LogP contribution in [0.1, 0.15) is 49.4 Å². The van der Waals surface area contributed by atoms with Gasteiger partial charge in [-0.05, 0) is 43.4 Å². The summed E-state index contributed by atoms with van der Waals surface area (Å²) < 4.78 is 13.7. The van der Waals surface area contributed by atoms with Gasteiger partial charge in [0.25, 0.3) is 5.91 Å². The lowest BCUT2D eigenvalue weighted by atomic mass is 10.0. The van der Waals surface area contributed by atoms with Gasteiger partial charge in [-0.2, -0.15) is 0 Å². The molecule has 0 aliphatic heterocycles. The second-order valence-electron chi connectivity index (χ2n) is 5.52. The van der Waals surface area contributed by atoms with Crippen molar-refractivity contribution in [2.75, 3.05) is 5.73 Å². The van der Waals surface area contributed by atoms with Crippen molar-refractivity contribution >= 4 is 11.6 Å². The molecule has 0 aromatic heterocycles. The second-order valence-corrected chi connectivity index (χ2v) is 5.52. The third kappa shape index (κ3) is 3.69. The third-order valence-corrected chi connectivity index (χ3v) is 3.83. The first-order valence-electron chi connectivity index (χ1n) is 6.92. The molecule has 0 heterocycles. The van der Waals surface area contributed by atoms with Gasteiger partial charge in [0.15, 0.2) is 0 Å². The molecule has 1 fully saturated rings. The van der Waals surface area contributed by atoms with Crippen LogP contribution in [0, 0.1) is 11.7 Å². The number of halogens is 1. The van der Waals surface area contributed by atoms with Crippen molar-refractivity contribution in [2.24, 2.45) is 5.92 Å². The van der Waals surface area contributed by atoms with Crippen LogP contribution in [-0.4, -0.2) is 11.9 Å². The number of nitrogen functional groups attached to an aromatic ring is 1. The molecule has 19 heavy (non-hydrogen) atoms. The number of amides is 1. The second kappa shape index (κ2) is 6.04. The number of rotatable bonds is 2. The van der Waals surface area contributed by atoms with E-state index in [1.165, 1.54) is 18.6 Å². The highest BCUT2D eigenvalue weighted by atomic mass is 19.1. The van der Waals surface area contributed by atoms with E-state index in [9.17, 15) is 9.18 Å². The highest BCUT2D eigenvalue weighted by Crippen LogP contribution is 2.23. The van der Waals surface area contributed by atoms with Crippen LogP contribution in [0.4, 0.5) is 10.1 Å². The van der Waals surface area contributed by atoms with Crippen LogP contribution < -0.4 is 11.1 Å². The molecule has 3 N–H and O–H groups in total. The van der Waals surface area contributed by atoms with Crippen molar-refractivity contribution in [1.82, 2.24) is 5.32 Å². The Kier molecular flexibility index (Phi) is 4.40. The fraction of sp³-hybridized carbons (Fsp3) is 0.533. The van der Waals surface area contributed by atoms with Gasteiger partial charge in [-0.1, -0.05) is 19.8 Å². The lowest BCUT2D eigenvalue weighted by Gasteiger charge is -2.16. The van der Waals surface area contributed by atoms with Gasteiger partial charge < -0.3 is 11.1 Å². The van der Waals surface area contributed by atoms with Crippen molar-refractivity contribution in [3.63, 3.8) is 0 Å². The first-order chi connectivity index (χ1) is 9.06. The molecule has 2 unspecified atom stereocenters. The van der Waals surface area contributed by atoms with Crippen LogP contribution in [0.2, 0.25) is 0 Å². The summed E-state index contributed by atoms with van der Waals surface area (Å²) in [6.45, 7) is 2.24. The van der Waals surface area contributed by atoms with Crippen molar-refractivity contribution < 1.29 is 9.18 Å². The van der Waals surface area contributed by atoms with Gasteiger partial charge in [0, 0.05) is 11.7 Å². The number of hydrogen-bond donors (Lipinski definition) is 2. The molecule has 0 spiro atoms. The monoisotopic (exact) mass is 264 g/mol. The Bertz CT molecular complexity index is 461. The van der Waals surface area contributed by atoms with E-state index in [1.807, 2.05) is 0 Å².